The third kappa shape index (κ3) is 1.71. The zero-order chi connectivity index (χ0) is 12.5. The van der Waals surface area contributed by atoms with Gasteiger partial charge < -0.3 is 9.84 Å². The van der Waals surface area contributed by atoms with Crippen LogP contribution >= 0.6 is 0 Å². The van der Waals surface area contributed by atoms with E-state index in [0.29, 0.717) is 5.75 Å². The van der Waals surface area contributed by atoms with Gasteiger partial charge in [-0.25, -0.2) is 0 Å². The Balaban J connectivity index is 2.48. The Morgan fingerprint density at radius 2 is 2.24 bits per heavy atom. The van der Waals surface area contributed by atoms with Gasteiger partial charge in [-0.05, 0) is 18.1 Å². The standard InChI is InChI=1S/C13H12O4/c1-2-7-13(11(14)15)8-9-5-3-4-6-10(9)17-12(13)16/h2-6H,1,7-8H2,(H,14,15)/t13-/m0/s1. The van der Waals surface area contributed by atoms with Crippen LogP contribution in [0.2, 0.25) is 0 Å². The van der Waals surface area contributed by atoms with Gasteiger partial charge in [-0.2, -0.15) is 0 Å². The molecule has 4 heteroatoms. The van der Waals surface area contributed by atoms with E-state index in [4.69, 9.17) is 4.74 Å². The molecule has 1 aliphatic rings. The summed E-state index contributed by atoms with van der Waals surface area (Å²) in [6.45, 7) is 3.50. The number of aliphatic carboxylic acids is 1. The molecule has 0 aliphatic carbocycles. The van der Waals surface area contributed by atoms with Crippen LogP contribution in [0.5, 0.6) is 5.75 Å². The van der Waals surface area contributed by atoms with E-state index in [1.165, 1.54) is 6.08 Å². The normalized spacial score (nSPS) is 22.5. The van der Waals surface area contributed by atoms with Crippen LogP contribution in [0.25, 0.3) is 0 Å². The number of ether oxygens (including phenoxy) is 1. The first-order valence-corrected chi connectivity index (χ1v) is 5.24. The number of hydrogen-bond acceptors (Lipinski definition) is 3. The Labute approximate surface area is 98.5 Å². The quantitative estimate of drug-likeness (QED) is 0.373. The molecule has 0 saturated carbocycles. The van der Waals surface area contributed by atoms with Crippen LogP contribution in [0.15, 0.2) is 36.9 Å². The average Bonchev–Trinajstić information content (AvgIpc) is 2.30. The van der Waals surface area contributed by atoms with Crippen molar-refractivity contribution in [3.05, 3.63) is 42.5 Å². The highest BCUT2D eigenvalue weighted by molar-refractivity contribution is 6.01. The first kappa shape index (κ1) is 11.4. The van der Waals surface area contributed by atoms with Gasteiger partial charge in [-0.15, -0.1) is 6.58 Å². The Morgan fingerprint density at radius 1 is 1.53 bits per heavy atom. The minimum Gasteiger partial charge on any atom is -0.480 e. The van der Waals surface area contributed by atoms with Crippen molar-refractivity contribution in [3.8, 4) is 5.75 Å². The molecule has 0 fully saturated rings. The molecule has 0 aromatic heterocycles. The van der Waals surface area contributed by atoms with Crippen LogP contribution in [0.3, 0.4) is 0 Å². The van der Waals surface area contributed by atoms with Gasteiger partial charge in [-0.1, -0.05) is 24.3 Å². The van der Waals surface area contributed by atoms with E-state index < -0.39 is 17.4 Å². The van der Waals surface area contributed by atoms with E-state index in [1.54, 1.807) is 24.3 Å². The third-order valence-electron chi connectivity index (χ3n) is 2.96. The van der Waals surface area contributed by atoms with Crippen LogP contribution in [0.1, 0.15) is 12.0 Å². The largest absolute Gasteiger partial charge is 0.480 e. The fourth-order valence-corrected chi connectivity index (χ4v) is 2.00. The highest BCUT2D eigenvalue weighted by Crippen LogP contribution is 2.38. The second kappa shape index (κ2) is 4.05. The van der Waals surface area contributed by atoms with Crippen molar-refractivity contribution in [2.24, 2.45) is 5.41 Å². The van der Waals surface area contributed by atoms with Crippen LogP contribution in [-0.4, -0.2) is 17.0 Å². The van der Waals surface area contributed by atoms with Gasteiger partial charge in [0.1, 0.15) is 5.75 Å². The lowest BCUT2D eigenvalue weighted by molar-refractivity contribution is -0.164. The topological polar surface area (TPSA) is 63.6 Å². The Morgan fingerprint density at radius 3 is 2.88 bits per heavy atom. The van der Waals surface area contributed by atoms with Crippen LogP contribution in [0, 0.1) is 5.41 Å². The lowest BCUT2D eigenvalue weighted by atomic mass is 9.77. The highest BCUT2D eigenvalue weighted by atomic mass is 16.5. The summed E-state index contributed by atoms with van der Waals surface area (Å²) in [5.41, 5.74) is -0.799. The molecule has 1 N–H and O–H groups in total. The molecule has 0 bridgehead atoms. The smallest absolute Gasteiger partial charge is 0.329 e. The molecule has 0 amide bonds. The second-order valence-corrected chi connectivity index (χ2v) is 4.05. The number of allylic oxidation sites excluding steroid dienone is 1. The number of fused-ring (bicyclic) bond motifs is 1. The maximum absolute atomic E-state index is 11.9. The molecule has 0 spiro atoms. The molecule has 0 unspecified atom stereocenters. The number of carboxylic acids is 1. The van der Waals surface area contributed by atoms with E-state index in [1.807, 2.05) is 0 Å². The molecule has 1 aliphatic heterocycles. The fraction of sp³-hybridized carbons (Fsp3) is 0.231. The van der Waals surface area contributed by atoms with E-state index in [-0.39, 0.29) is 12.8 Å². The first-order chi connectivity index (χ1) is 8.10. The zero-order valence-corrected chi connectivity index (χ0v) is 9.18. The number of carbonyl (C=O) groups is 2. The Kier molecular flexibility index (Phi) is 2.71. The number of esters is 1. The van der Waals surface area contributed by atoms with Gasteiger partial charge in [0.15, 0.2) is 5.41 Å². The number of benzene rings is 1. The van der Waals surface area contributed by atoms with Crippen molar-refractivity contribution < 1.29 is 19.4 Å². The molecule has 0 radical (unpaired) electrons. The van der Waals surface area contributed by atoms with Crippen LogP contribution in [0.4, 0.5) is 0 Å². The zero-order valence-electron chi connectivity index (χ0n) is 9.18. The molecule has 17 heavy (non-hydrogen) atoms. The minimum atomic E-state index is -1.53. The van der Waals surface area contributed by atoms with Crippen molar-refractivity contribution in [3.63, 3.8) is 0 Å². The predicted octanol–water partition coefficient (Wildman–Crippen LogP) is 1.80. The summed E-state index contributed by atoms with van der Waals surface area (Å²) in [6, 6.07) is 6.96. The predicted molar refractivity (Wildman–Crippen MR) is 60.7 cm³/mol. The summed E-state index contributed by atoms with van der Waals surface area (Å²) in [6.07, 6.45) is 1.64. The van der Waals surface area contributed by atoms with Gasteiger partial charge >= 0.3 is 11.9 Å². The minimum absolute atomic E-state index is 0.0650. The summed E-state index contributed by atoms with van der Waals surface area (Å²) in [4.78, 5) is 23.2. The molecule has 4 nitrogen and oxygen atoms in total. The van der Waals surface area contributed by atoms with Gasteiger partial charge in [0.2, 0.25) is 0 Å². The maximum atomic E-state index is 11.9. The molecule has 1 heterocycles. The SMILES string of the molecule is C=CC[C@@]1(C(=O)O)Cc2ccccc2OC1=O. The van der Waals surface area contributed by atoms with Crippen molar-refractivity contribution in [2.45, 2.75) is 12.8 Å². The molecule has 2 rings (SSSR count). The molecule has 1 atom stereocenters. The van der Waals surface area contributed by atoms with Crippen LogP contribution in [-0.2, 0) is 16.0 Å². The maximum Gasteiger partial charge on any atom is 0.329 e. The highest BCUT2D eigenvalue weighted by Gasteiger charge is 2.50. The molecule has 1 aromatic carbocycles. The summed E-state index contributed by atoms with van der Waals surface area (Å²) in [5.74, 6) is -1.45. The summed E-state index contributed by atoms with van der Waals surface area (Å²) < 4.78 is 5.09. The fourth-order valence-electron chi connectivity index (χ4n) is 2.00. The lowest BCUT2D eigenvalue weighted by Crippen LogP contribution is -2.46. The van der Waals surface area contributed by atoms with Crippen molar-refractivity contribution >= 4 is 11.9 Å². The van der Waals surface area contributed by atoms with Crippen molar-refractivity contribution in [2.75, 3.05) is 0 Å². The molecular formula is C13H12O4. The molecule has 88 valence electrons. The molecule has 0 saturated heterocycles. The van der Waals surface area contributed by atoms with Crippen molar-refractivity contribution in [1.29, 1.82) is 0 Å². The van der Waals surface area contributed by atoms with Crippen molar-refractivity contribution in [1.82, 2.24) is 0 Å². The lowest BCUT2D eigenvalue weighted by Gasteiger charge is -2.31. The number of rotatable bonds is 3. The number of carboxylic acid groups (broad SMARTS) is 1. The van der Waals surface area contributed by atoms with E-state index in [0.717, 1.165) is 5.56 Å². The number of carbonyl (C=O) groups excluding carboxylic acids is 1. The Hall–Kier alpha value is -2.10. The molecule has 1 aromatic rings. The average molecular weight is 232 g/mol. The van der Waals surface area contributed by atoms with Gasteiger partial charge in [0.25, 0.3) is 0 Å². The van der Waals surface area contributed by atoms with Gasteiger partial charge in [0, 0.05) is 6.42 Å². The van der Waals surface area contributed by atoms with E-state index in [2.05, 4.69) is 6.58 Å². The number of para-hydroxylation sites is 1. The Bertz CT molecular complexity index is 492. The summed E-state index contributed by atoms with van der Waals surface area (Å²) >= 11 is 0. The number of hydrogen-bond donors (Lipinski definition) is 1. The third-order valence-corrected chi connectivity index (χ3v) is 2.96. The van der Waals surface area contributed by atoms with E-state index in [9.17, 15) is 14.7 Å². The van der Waals surface area contributed by atoms with E-state index >= 15 is 0 Å². The van der Waals surface area contributed by atoms with Gasteiger partial charge in [0.05, 0.1) is 0 Å². The molecular weight excluding hydrogens is 220 g/mol. The second-order valence-electron chi connectivity index (χ2n) is 4.05. The summed E-state index contributed by atoms with van der Waals surface area (Å²) in [7, 11) is 0. The first-order valence-electron chi connectivity index (χ1n) is 5.24. The summed E-state index contributed by atoms with van der Waals surface area (Å²) in [5, 5.41) is 9.27. The monoisotopic (exact) mass is 232 g/mol. The van der Waals surface area contributed by atoms with Crippen LogP contribution < -0.4 is 4.74 Å². The van der Waals surface area contributed by atoms with Gasteiger partial charge in [-0.3, -0.25) is 9.59 Å².